The molecule has 2 aliphatic rings. The molecule has 1 saturated carbocycles. The maximum absolute atomic E-state index is 11.8. The quantitative estimate of drug-likeness (QED) is 0.594. The summed E-state index contributed by atoms with van der Waals surface area (Å²) in [6.45, 7) is 0. The number of nitrogens with two attached hydrogens (primary N) is 1. The molecule has 100 valence electrons. The molecule has 0 aromatic rings. The largest absolute Gasteiger partial charge is 0.344 e. The first-order valence-corrected chi connectivity index (χ1v) is 6.40. The van der Waals surface area contributed by atoms with Crippen LogP contribution in [0.4, 0.5) is 0 Å². The van der Waals surface area contributed by atoms with E-state index in [1.165, 1.54) is 0 Å². The van der Waals surface area contributed by atoms with Crippen LogP contribution in [0.2, 0.25) is 0 Å². The fraction of sp³-hybridized carbons (Fsp3) is 0.750. The summed E-state index contributed by atoms with van der Waals surface area (Å²) in [6, 6.07) is -0.597. The molecule has 1 heterocycles. The summed E-state index contributed by atoms with van der Waals surface area (Å²) in [5, 5.41) is 4.87. The van der Waals surface area contributed by atoms with Crippen LogP contribution in [0.25, 0.3) is 0 Å². The second kappa shape index (κ2) is 5.06. The lowest BCUT2D eigenvalue weighted by Crippen LogP contribution is -2.53. The van der Waals surface area contributed by atoms with Gasteiger partial charge in [0.2, 0.25) is 17.7 Å². The molecule has 2 fully saturated rings. The van der Waals surface area contributed by atoms with E-state index in [2.05, 4.69) is 10.6 Å². The van der Waals surface area contributed by atoms with Crippen molar-refractivity contribution < 1.29 is 14.4 Å². The Morgan fingerprint density at radius 3 is 2.67 bits per heavy atom. The Morgan fingerprint density at radius 1 is 1.39 bits per heavy atom. The third kappa shape index (κ3) is 3.07. The van der Waals surface area contributed by atoms with Gasteiger partial charge < -0.3 is 11.1 Å². The average Bonchev–Trinajstić information content (AvgIpc) is 2.69. The molecule has 0 radical (unpaired) electrons. The van der Waals surface area contributed by atoms with Crippen LogP contribution in [0.5, 0.6) is 0 Å². The summed E-state index contributed by atoms with van der Waals surface area (Å²) >= 11 is 0. The zero-order valence-electron chi connectivity index (χ0n) is 10.3. The van der Waals surface area contributed by atoms with Crippen molar-refractivity contribution in [3.05, 3.63) is 0 Å². The highest BCUT2D eigenvalue weighted by atomic mass is 16.2. The van der Waals surface area contributed by atoms with E-state index in [1.54, 1.807) is 0 Å². The van der Waals surface area contributed by atoms with Crippen LogP contribution in [0, 0.1) is 0 Å². The van der Waals surface area contributed by atoms with Crippen molar-refractivity contribution >= 4 is 17.7 Å². The highest BCUT2D eigenvalue weighted by Gasteiger charge is 2.34. The number of amides is 3. The van der Waals surface area contributed by atoms with Gasteiger partial charge in [0.25, 0.3) is 0 Å². The fourth-order valence-electron chi connectivity index (χ4n) is 2.65. The highest BCUT2D eigenvalue weighted by molar-refractivity contribution is 6.01. The third-order valence-corrected chi connectivity index (χ3v) is 3.69. The van der Waals surface area contributed by atoms with Crippen LogP contribution >= 0.6 is 0 Å². The lowest BCUT2D eigenvalue weighted by molar-refractivity contribution is -0.137. The second-order valence-corrected chi connectivity index (χ2v) is 5.32. The zero-order valence-corrected chi connectivity index (χ0v) is 10.3. The van der Waals surface area contributed by atoms with Crippen LogP contribution in [0.15, 0.2) is 0 Å². The van der Waals surface area contributed by atoms with Crippen LogP contribution < -0.4 is 16.4 Å². The topological polar surface area (TPSA) is 101 Å². The molecule has 1 saturated heterocycles. The summed E-state index contributed by atoms with van der Waals surface area (Å²) in [7, 11) is 0. The molecule has 0 aromatic heterocycles. The summed E-state index contributed by atoms with van der Waals surface area (Å²) < 4.78 is 0. The first-order valence-electron chi connectivity index (χ1n) is 6.40. The van der Waals surface area contributed by atoms with Crippen molar-refractivity contribution in [2.24, 2.45) is 5.73 Å². The smallest absolute Gasteiger partial charge is 0.249 e. The molecular formula is C12H19N3O3. The lowest BCUT2D eigenvalue weighted by Gasteiger charge is -2.26. The van der Waals surface area contributed by atoms with E-state index in [-0.39, 0.29) is 24.7 Å². The summed E-state index contributed by atoms with van der Waals surface area (Å²) in [5.74, 6) is -0.900. The van der Waals surface area contributed by atoms with Crippen LogP contribution in [0.1, 0.15) is 44.9 Å². The van der Waals surface area contributed by atoms with Crippen molar-refractivity contribution in [1.29, 1.82) is 0 Å². The molecule has 1 aliphatic carbocycles. The van der Waals surface area contributed by atoms with Gasteiger partial charge in [-0.25, -0.2) is 0 Å². The standard InChI is InChI=1S/C12H19N3O3/c13-12(5-1-2-6-12)7-10(17)14-8-3-4-9(16)15-11(8)18/h8H,1-7,13H2,(H,14,17)(H,15,16,18). The molecule has 0 aromatic carbocycles. The Morgan fingerprint density at radius 2 is 2.06 bits per heavy atom. The van der Waals surface area contributed by atoms with Gasteiger partial charge in [0.1, 0.15) is 6.04 Å². The fourth-order valence-corrected chi connectivity index (χ4v) is 2.65. The minimum Gasteiger partial charge on any atom is -0.344 e. The second-order valence-electron chi connectivity index (χ2n) is 5.32. The normalized spacial score (nSPS) is 26.8. The summed E-state index contributed by atoms with van der Waals surface area (Å²) in [5.41, 5.74) is 5.69. The SMILES string of the molecule is NC1(CC(=O)NC2CCC(=O)NC2=O)CCCC1. The van der Waals surface area contributed by atoms with Gasteiger partial charge in [0.15, 0.2) is 0 Å². The van der Waals surface area contributed by atoms with Crippen molar-refractivity contribution in [3.63, 3.8) is 0 Å². The Bertz CT molecular complexity index is 375. The molecule has 1 aliphatic heterocycles. The molecule has 4 N–H and O–H groups in total. The number of hydrogen-bond donors (Lipinski definition) is 3. The lowest BCUT2D eigenvalue weighted by atomic mass is 9.94. The summed E-state index contributed by atoms with van der Waals surface area (Å²) in [6.07, 6.45) is 4.72. The van der Waals surface area contributed by atoms with E-state index in [0.29, 0.717) is 6.42 Å². The molecule has 6 heteroatoms. The van der Waals surface area contributed by atoms with Gasteiger partial charge in [-0.15, -0.1) is 0 Å². The maximum atomic E-state index is 11.8. The van der Waals surface area contributed by atoms with Gasteiger partial charge in [-0.2, -0.15) is 0 Å². The first kappa shape index (κ1) is 13.0. The van der Waals surface area contributed by atoms with Crippen molar-refractivity contribution in [1.82, 2.24) is 10.6 Å². The molecule has 0 bridgehead atoms. The molecule has 0 spiro atoms. The van der Waals surface area contributed by atoms with E-state index in [1.807, 2.05) is 0 Å². The molecule has 18 heavy (non-hydrogen) atoms. The number of hydrogen-bond acceptors (Lipinski definition) is 4. The Labute approximate surface area is 106 Å². The minimum absolute atomic E-state index is 0.200. The van der Waals surface area contributed by atoms with E-state index in [4.69, 9.17) is 5.73 Å². The number of nitrogens with one attached hydrogen (secondary N) is 2. The average molecular weight is 253 g/mol. The molecule has 2 rings (SSSR count). The predicted molar refractivity (Wildman–Crippen MR) is 64.3 cm³/mol. The van der Waals surface area contributed by atoms with Crippen LogP contribution in [0.3, 0.4) is 0 Å². The number of carbonyl (C=O) groups is 3. The van der Waals surface area contributed by atoms with Gasteiger partial charge in [0, 0.05) is 18.4 Å². The first-order chi connectivity index (χ1) is 8.48. The van der Waals surface area contributed by atoms with E-state index < -0.39 is 17.5 Å². The Kier molecular flexibility index (Phi) is 3.65. The van der Waals surface area contributed by atoms with E-state index in [9.17, 15) is 14.4 Å². The molecule has 6 nitrogen and oxygen atoms in total. The van der Waals surface area contributed by atoms with Crippen molar-refractivity contribution in [2.45, 2.75) is 56.5 Å². The zero-order chi connectivity index (χ0) is 13.2. The van der Waals surface area contributed by atoms with Gasteiger partial charge in [0.05, 0.1) is 0 Å². The number of piperidine rings is 1. The van der Waals surface area contributed by atoms with Gasteiger partial charge in [-0.3, -0.25) is 19.7 Å². The van der Waals surface area contributed by atoms with Crippen LogP contribution in [-0.2, 0) is 14.4 Å². The van der Waals surface area contributed by atoms with E-state index >= 15 is 0 Å². The Balaban J connectivity index is 1.84. The van der Waals surface area contributed by atoms with Gasteiger partial charge in [-0.05, 0) is 19.3 Å². The summed E-state index contributed by atoms with van der Waals surface area (Å²) in [4.78, 5) is 34.3. The third-order valence-electron chi connectivity index (χ3n) is 3.69. The van der Waals surface area contributed by atoms with Crippen molar-refractivity contribution in [2.75, 3.05) is 0 Å². The van der Waals surface area contributed by atoms with Crippen LogP contribution in [-0.4, -0.2) is 29.3 Å². The minimum atomic E-state index is -0.597. The molecule has 3 amide bonds. The van der Waals surface area contributed by atoms with E-state index in [0.717, 1.165) is 25.7 Å². The van der Waals surface area contributed by atoms with Gasteiger partial charge >= 0.3 is 0 Å². The predicted octanol–water partition coefficient (Wildman–Crippen LogP) is -0.431. The molecule has 1 unspecified atom stereocenters. The van der Waals surface area contributed by atoms with Crippen molar-refractivity contribution in [3.8, 4) is 0 Å². The Hall–Kier alpha value is -1.43. The maximum Gasteiger partial charge on any atom is 0.249 e. The highest BCUT2D eigenvalue weighted by Crippen LogP contribution is 2.29. The monoisotopic (exact) mass is 253 g/mol. The number of rotatable bonds is 3. The number of carbonyl (C=O) groups excluding carboxylic acids is 3. The molecule has 1 atom stereocenters. The van der Waals surface area contributed by atoms with Gasteiger partial charge in [-0.1, -0.05) is 12.8 Å². The molecular weight excluding hydrogens is 234 g/mol. The number of imide groups is 1.